The van der Waals surface area contributed by atoms with Crippen LogP contribution in [0.5, 0.6) is 0 Å². The maximum absolute atomic E-state index is 12.1. The maximum Gasteiger partial charge on any atom is 0.233 e. The molecule has 19 heavy (non-hydrogen) atoms. The quantitative estimate of drug-likeness (QED) is 0.813. The fourth-order valence-electron chi connectivity index (χ4n) is 2.79. The molecule has 0 heterocycles. The van der Waals surface area contributed by atoms with Crippen LogP contribution < -0.4 is 5.32 Å². The molecular weight excluding hydrogens is 254 g/mol. The zero-order valence-electron chi connectivity index (χ0n) is 11.5. The average Bonchev–Trinajstić information content (AvgIpc) is 2.40. The van der Waals surface area contributed by atoms with E-state index in [0.29, 0.717) is 12.5 Å². The summed E-state index contributed by atoms with van der Waals surface area (Å²) in [6.45, 7) is 2.26. The van der Waals surface area contributed by atoms with Gasteiger partial charge in [0.15, 0.2) is 0 Å². The number of amides is 1. The Labute approximate surface area is 121 Å². The summed E-state index contributed by atoms with van der Waals surface area (Å²) in [6.07, 6.45) is 5.43. The first-order valence-corrected chi connectivity index (χ1v) is 7.69. The smallest absolute Gasteiger partial charge is 0.233 e. The van der Waals surface area contributed by atoms with Gasteiger partial charge in [-0.15, -0.1) is 0 Å². The summed E-state index contributed by atoms with van der Waals surface area (Å²) >= 11 is 4.45. The van der Waals surface area contributed by atoms with Crippen LogP contribution in [-0.2, 0) is 11.2 Å². The van der Waals surface area contributed by atoms with Crippen LogP contribution in [0.25, 0.3) is 0 Å². The molecule has 2 rings (SSSR count). The summed E-state index contributed by atoms with van der Waals surface area (Å²) in [6, 6.07) is 10.4. The van der Waals surface area contributed by atoms with Gasteiger partial charge in [0.2, 0.25) is 5.91 Å². The number of hydrogen-bond donors (Lipinski definition) is 2. The molecular formula is C16H23NOS. The van der Waals surface area contributed by atoms with E-state index in [1.54, 1.807) is 0 Å². The van der Waals surface area contributed by atoms with E-state index < -0.39 is 0 Å². The van der Waals surface area contributed by atoms with Crippen molar-refractivity contribution in [1.29, 1.82) is 0 Å². The highest BCUT2D eigenvalue weighted by molar-refractivity contribution is 7.81. The first kappa shape index (κ1) is 14.4. The van der Waals surface area contributed by atoms with E-state index in [0.717, 1.165) is 24.3 Å². The number of hydrogen-bond acceptors (Lipinski definition) is 2. The van der Waals surface area contributed by atoms with E-state index in [4.69, 9.17) is 0 Å². The lowest BCUT2D eigenvalue weighted by Crippen LogP contribution is -2.42. The van der Waals surface area contributed by atoms with Gasteiger partial charge >= 0.3 is 0 Å². The third-order valence-corrected chi connectivity index (χ3v) is 4.27. The van der Waals surface area contributed by atoms with Crippen molar-refractivity contribution in [3.8, 4) is 0 Å². The summed E-state index contributed by atoms with van der Waals surface area (Å²) in [5.41, 5.74) is 1.16. The molecule has 0 radical (unpaired) electrons. The van der Waals surface area contributed by atoms with Crippen molar-refractivity contribution in [2.24, 2.45) is 5.92 Å². The minimum Gasteiger partial charge on any atom is -0.352 e. The number of nitrogens with one attached hydrogen (secondary N) is 1. The highest BCUT2D eigenvalue weighted by Crippen LogP contribution is 2.23. The van der Waals surface area contributed by atoms with Gasteiger partial charge in [-0.25, -0.2) is 0 Å². The van der Waals surface area contributed by atoms with Crippen LogP contribution in [-0.4, -0.2) is 17.2 Å². The van der Waals surface area contributed by atoms with E-state index in [1.165, 1.54) is 12.8 Å². The van der Waals surface area contributed by atoms with Gasteiger partial charge in [0.05, 0.1) is 5.25 Å². The number of carbonyl (C=O) groups excluding carboxylic acids is 1. The fourth-order valence-corrected chi connectivity index (χ4v) is 3.08. The normalized spacial score (nSPS) is 24.7. The van der Waals surface area contributed by atoms with Crippen LogP contribution in [0.2, 0.25) is 0 Å². The van der Waals surface area contributed by atoms with E-state index >= 15 is 0 Å². The lowest BCUT2D eigenvalue weighted by molar-refractivity contribution is -0.121. The van der Waals surface area contributed by atoms with Crippen molar-refractivity contribution in [2.45, 2.75) is 50.3 Å². The Morgan fingerprint density at radius 1 is 1.37 bits per heavy atom. The molecule has 0 spiro atoms. The van der Waals surface area contributed by atoms with E-state index in [1.807, 2.05) is 30.3 Å². The van der Waals surface area contributed by atoms with Crippen LogP contribution in [0.3, 0.4) is 0 Å². The molecule has 1 saturated carbocycles. The molecule has 3 unspecified atom stereocenters. The van der Waals surface area contributed by atoms with E-state index in [2.05, 4.69) is 24.9 Å². The molecule has 1 amide bonds. The lowest BCUT2D eigenvalue weighted by Gasteiger charge is -2.28. The molecule has 0 aliphatic heterocycles. The molecule has 3 heteroatoms. The SMILES string of the molecule is CC1CCCC(NC(=O)C(S)Cc2ccccc2)C1. The monoisotopic (exact) mass is 277 g/mol. The predicted molar refractivity (Wildman–Crippen MR) is 82.5 cm³/mol. The summed E-state index contributed by atoms with van der Waals surface area (Å²) in [4.78, 5) is 12.1. The average molecular weight is 277 g/mol. The summed E-state index contributed by atoms with van der Waals surface area (Å²) < 4.78 is 0. The van der Waals surface area contributed by atoms with Gasteiger partial charge < -0.3 is 5.32 Å². The van der Waals surface area contributed by atoms with Gasteiger partial charge in [0, 0.05) is 6.04 Å². The third kappa shape index (κ3) is 4.57. The van der Waals surface area contributed by atoms with Crippen LogP contribution in [0, 0.1) is 5.92 Å². The molecule has 1 N–H and O–H groups in total. The Kier molecular flexibility index (Phi) is 5.32. The lowest BCUT2D eigenvalue weighted by atomic mass is 9.87. The number of benzene rings is 1. The molecule has 0 bridgehead atoms. The highest BCUT2D eigenvalue weighted by Gasteiger charge is 2.23. The van der Waals surface area contributed by atoms with Gasteiger partial charge in [-0.05, 0) is 30.7 Å². The first-order chi connectivity index (χ1) is 9.15. The second-order valence-electron chi connectivity index (χ2n) is 5.68. The van der Waals surface area contributed by atoms with Gasteiger partial charge in [0.25, 0.3) is 0 Å². The van der Waals surface area contributed by atoms with Crippen LogP contribution in [0.1, 0.15) is 38.2 Å². The molecule has 0 saturated heterocycles. The molecule has 104 valence electrons. The Morgan fingerprint density at radius 2 is 2.11 bits per heavy atom. The number of thiol groups is 1. The van der Waals surface area contributed by atoms with Crippen molar-refractivity contribution >= 4 is 18.5 Å². The largest absolute Gasteiger partial charge is 0.352 e. The van der Waals surface area contributed by atoms with Crippen molar-refractivity contribution in [3.63, 3.8) is 0 Å². The highest BCUT2D eigenvalue weighted by atomic mass is 32.1. The van der Waals surface area contributed by atoms with Crippen molar-refractivity contribution in [3.05, 3.63) is 35.9 Å². The number of rotatable bonds is 4. The Hall–Kier alpha value is -0.960. The van der Waals surface area contributed by atoms with Crippen LogP contribution in [0.15, 0.2) is 30.3 Å². The minimum atomic E-state index is -0.250. The van der Waals surface area contributed by atoms with Crippen molar-refractivity contribution in [2.75, 3.05) is 0 Å². The predicted octanol–water partition coefficient (Wildman–Crippen LogP) is 3.22. The Morgan fingerprint density at radius 3 is 2.79 bits per heavy atom. The Balaban J connectivity index is 1.82. The summed E-state index contributed by atoms with van der Waals surface area (Å²) in [5.74, 6) is 0.804. The molecule has 1 aliphatic rings. The number of carbonyl (C=O) groups is 1. The van der Waals surface area contributed by atoms with E-state index in [-0.39, 0.29) is 11.2 Å². The third-order valence-electron chi connectivity index (χ3n) is 3.86. The zero-order valence-corrected chi connectivity index (χ0v) is 12.4. The standard InChI is InChI=1S/C16H23NOS/c1-12-6-5-9-14(10-12)17-16(18)15(19)11-13-7-3-2-4-8-13/h2-4,7-8,12,14-15,19H,5-6,9-11H2,1H3,(H,17,18). The van der Waals surface area contributed by atoms with Gasteiger partial charge in [-0.3, -0.25) is 4.79 Å². The van der Waals surface area contributed by atoms with Crippen molar-refractivity contribution in [1.82, 2.24) is 5.32 Å². The first-order valence-electron chi connectivity index (χ1n) is 7.17. The molecule has 1 fully saturated rings. The molecule has 1 aromatic carbocycles. The summed E-state index contributed by atoms with van der Waals surface area (Å²) in [7, 11) is 0. The zero-order chi connectivity index (χ0) is 13.7. The molecule has 1 aromatic rings. The Bertz CT molecular complexity index is 406. The molecule has 1 aliphatic carbocycles. The summed E-state index contributed by atoms with van der Waals surface area (Å²) in [5, 5.41) is 2.90. The second-order valence-corrected chi connectivity index (χ2v) is 6.31. The van der Waals surface area contributed by atoms with Gasteiger partial charge in [-0.1, -0.05) is 50.1 Å². The van der Waals surface area contributed by atoms with Crippen LogP contribution in [0.4, 0.5) is 0 Å². The van der Waals surface area contributed by atoms with Crippen LogP contribution >= 0.6 is 12.6 Å². The van der Waals surface area contributed by atoms with Gasteiger partial charge in [0.1, 0.15) is 0 Å². The second kappa shape index (κ2) is 6.99. The van der Waals surface area contributed by atoms with Crippen molar-refractivity contribution < 1.29 is 4.79 Å². The molecule has 3 atom stereocenters. The molecule has 2 nitrogen and oxygen atoms in total. The van der Waals surface area contributed by atoms with E-state index in [9.17, 15) is 4.79 Å². The minimum absolute atomic E-state index is 0.0753. The fraction of sp³-hybridized carbons (Fsp3) is 0.562. The van der Waals surface area contributed by atoms with Gasteiger partial charge in [-0.2, -0.15) is 12.6 Å². The topological polar surface area (TPSA) is 29.1 Å². The maximum atomic E-state index is 12.1. The molecule has 0 aromatic heterocycles.